The lowest BCUT2D eigenvalue weighted by molar-refractivity contribution is -0.167. The molecule has 1 unspecified atom stereocenters. The standard InChI is InChI=1S/C77H132O6/c1-4-7-10-13-16-19-22-24-26-28-30-32-34-36-38-40-42-44-46-48-50-52-55-58-61-64-67-70-76(79)82-73-74(72-81-75(78)69-66-63-60-57-54-21-18-15-12-9-6-3)83-77(80)71-68-65-62-59-56-53-51-49-47-45-43-41-39-37-35-33-31-29-27-25-23-20-17-14-11-8-5-2/h7,10,16,19,24,26,29-32,36,38,42,44,48,50,55,58,74H,4-6,8-9,11-15,17-18,20-23,25,27-28,33-35,37,39-41,43,45-47,49,51-54,56-57,59-73H2,1-3H3/b10-7-,19-16-,26-24-,31-29-,32-30-,38-36-,44-42-,50-48-,58-55-. The van der Waals surface area contributed by atoms with E-state index in [9.17, 15) is 14.4 Å². The first-order chi connectivity index (χ1) is 41.0. The number of allylic oxidation sites excluding steroid dienone is 18. The molecule has 0 radical (unpaired) electrons. The summed E-state index contributed by atoms with van der Waals surface area (Å²) < 4.78 is 16.9. The molecule has 476 valence electrons. The molecule has 6 nitrogen and oxygen atoms in total. The van der Waals surface area contributed by atoms with Gasteiger partial charge in [0.1, 0.15) is 13.2 Å². The van der Waals surface area contributed by atoms with Gasteiger partial charge in [0, 0.05) is 19.3 Å². The van der Waals surface area contributed by atoms with Gasteiger partial charge in [0.15, 0.2) is 6.10 Å². The predicted molar refractivity (Wildman–Crippen MR) is 362 cm³/mol. The van der Waals surface area contributed by atoms with Crippen LogP contribution >= 0.6 is 0 Å². The van der Waals surface area contributed by atoms with Crippen LogP contribution in [-0.4, -0.2) is 37.2 Å². The third kappa shape index (κ3) is 68.7. The average molecular weight is 1150 g/mol. The average Bonchev–Trinajstić information content (AvgIpc) is 3.48. The van der Waals surface area contributed by atoms with Crippen LogP contribution in [0.5, 0.6) is 0 Å². The monoisotopic (exact) mass is 1150 g/mol. The minimum atomic E-state index is -0.797. The number of unbranched alkanes of at least 4 members (excludes halogenated alkanes) is 35. The van der Waals surface area contributed by atoms with E-state index in [1.54, 1.807) is 0 Å². The molecule has 83 heavy (non-hydrogen) atoms. The normalized spacial score (nSPS) is 12.8. The van der Waals surface area contributed by atoms with E-state index in [2.05, 4.69) is 130 Å². The first kappa shape index (κ1) is 79.1. The molecule has 0 aliphatic heterocycles. The highest BCUT2D eigenvalue weighted by Gasteiger charge is 2.19. The largest absolute Gasteiger partial charge is 0.462 e. The van der Waals surface area contributed by atoms with E-state index < -0.39 is 6.10 Å². The van der Waals surface area contributed by atoms with E-state index in [0.717, 1.165) is 109 Å². The maximum Gasteiger partial charge on any atom is 0.306 e. The molecule has 0 aromatic rings. The van der Waals surface area contributed by atoms with Crippen molar-refractivity contribution < 1.29 is 28.6 Å². The van der Waals surface area contributed by atoms with Gasteiger partial charge in [-0.05, 0) is 109 Å². The van der Waals surface area contributed by atoms with Crippen LogP contribution < -0.4 is 0 Å². The van der Waals surface area contributed by atoms with Gasteiger partial charge in [0.2, 0.25) is 0 Å². The van der Waals surface area contributed by atoms with Crippen LogP contribution in [0, 0.1) is 0 Å². The molecule has 0 heterocycles. The summed E-state index contributed by atoms with van der Waals surface area (Å²) in [5.41, 5.74) is 0. The molecular formula is C77H132O6. The van der Waals surface area contributed by atoms with Gasteiger partial charge in [-0.3, -0.25) is 14.4 Å². The molecular weight excluding hydrogens is 1020 g/mol. The van der Waals surface area contributed by atoms with E-state index in [1.807, 2.05) is 0 Å². The summed E-state index contributed by atoms with van der Waals surface area (Å²) in [5.74, 6) is -0.923. The maximum atomic E-state index is 12.9. The highest BCUT2D eigenvalue weighted by atomic mass is 16.6. The zero-order valence-electron chi connectivity index (χ0n) is 54.7. The van der Waals surface area contributed by atoms with Crippen molar-refractivity contribution in [2.24, 2.45) is 0 Å². The molecule has 0 spiro atoms. The molecule has 0 N–H and O–H groups in total. The maximum absolute atomic E-state index is 12.9. The Balaban J connectivity index is 4.31. The Morgan fingerprint density at radius 1 is 0.253 bits per heavy atom. The highest BCUT2D eigenvalue weighted by Crippen LogP contribution is 2.17. The topological polar surface area (TPSA) is 78.9 Å². The molecule has 0 aromatic heterocycles. The van der Waals surface area contributed by atoms with Crippen molar-refractivity contribution in [1.29, 1.82) is 0 Å². The zero-order valence-corrected chi connectivity index (χ0v) is 54.7. The number of esters is 3. The van der Waals surface area contributed by atoms with Gasteiger partial charge in [-0.25, -0.2) is 0 Å². The second-order valence-electron chi connectivity index (χ2n) is 23.4. The fraction of sp³-hybridized carbons (Fsp3) is 0.727. The molecule has 0 bridgehead atoms. The summed E-state index contributed by atoms with van der Waals surface area (Å²) in [4.78, 5) is 38.4. The van der Waals surface area contributed by atoms with Crippen LogP contribution in [-0.2, 0) is 28.6 Å². The van der Waals surface area contributed by atoms with Crippen molar-refractivity contribution in [3.05, 3.63) is 109 Å². The quantitative estimate of drug-likeness (QED) is 0.0261. The Labute approximate surface area is 514 Å². The van der Waals surface area contributed by atoms with Crippen LogP contribution in [0.4, 0.5) is 0 Å². The SMILES string of the molecule is CC/C=C\C/C=C\C/C=C\C/C=C\C/C=C\C/C=C\C/C=C\C/C=C\CCCCC(=O)OCC(COC(=O)CCCCCCCCCCCCC)OC(=O)CCCCCCCCCCCCCCCCC/C=C\CCCCCCCCCC. The summed E-state index contributed by atoms with van der Waals surface area (Å²) in [6, 6.07) is 0. The first-order valence-corrected chi connectivity index (χ1v) is 35.4. The van der Waals surface area contributed by atoms with Gasteiger partial charge >= 0.3 is 17.9 Å². The second-order valence-corrected chi connectivity index (χ2v) is 23.4. The third-order valence-corrected chi connectivity index (χ3v) is 15.3. The summed E-state index contributed by atoms with van der Waals surface area (Å²) in [7, 11) is 0. The first-order valence-electron chi connectivity index (χ1n) is 35.4. The Morgan fingerprint density at radius 2 is 0.470 bits per heavy atom. The Bertz CT molecular complexity index is 1660. The lowest BCUT2D eigenvalue weighted by atomic mass is 10.0. The molecule has 0 fully saturated rings. The molecule has 6 heteroatoms. The zero-order chi connectivity index (χ0) is 59.9. The minimum Gasteiger partial charge on any atom is -0.462 e. The van der Waals surface area contributed by atoms with Crippen LogP contribution in [0.3, 0.4) is 0 Å². The lowest BCUT2D eigenvalue weighted by Crippen LogP contribution is -2.30. The highest BCUT2D eigenvalue weighted by molar-refractivity contribution is 5.71. The van der Waals surface area contributed by atoms with Crippen molar-refractivity contribution in [2.75, 3.05) is 13.2 Å². The summed E-state index contributed by atoms with van der Waals surface area (Å²) in [5, 5.41) is 0. The molecule has 0 saturated heterocycles. The lowest BCUT2D eigenvalue weighted by Gasteiger charge is -2.18. The van der Waals surface area contributed by atoms with E-state index in [4.69, 9.17) is 14.2 Å². The van der Waals surface area contributed by atoms with Gasteiger partial charge in [-0.15, -0.1) is 0 Å². The molecule has 0 aliphatic rings. The summed E-state index contributed by atoms with van der Waals surface area (Å²) in [6.45, 7) is 6.52. The fourth-order valence-corrected chi connectivity index (χ4v) is 9.99. The minimum absolute atomic E-state index is 0.0892. The van der Waals surface area contributed by atoms with Crippen LogP contribution in [0.2, 0.25) is 0 Å². The van der Waals surface area contributed by atoms with Gasteiger partial charge in [0.25, 0.3) is 0 Å². The Kier molecular flexibility index (Phi) is 67.2. The van der Waals surface area contributed by atoms with Crippen LogP contribution in [0.1, 0.15) is 342 Å². The van der Waals surface area contributed by atoms with Gasteiger partial charge < -0.3 is 14.2 Å². The van der Waals surface area contributed by atoms with Crippen molar-refractivity contribution in [3.8, 4) is 0 Å². The van der Waals surface area contributed by atoms with Gasteiger partial charge in [0.05, 0.1) is 0 Å². The Morgan fingerprint density at radius 3 is 0.771 bits per heavy atom. The van der Waals surface area contributed by atoms with E-state index in [1.165, 1.54) is 193 Å². The second kappa shape index (κ2) is 70.6. The van der Waals surface area contributed by atoms with Crippen LogP contribution in [0.25, 0.3) is 0 Å². The van der Waals surface area contributed by atoms with Crippen molar-refractivity contribution in [1.82, 2.24) is 0 Å². The molecule has 0 rings (SSSR count). The van der Waals surface area contributed by atoms with Gasteiger partial charge in [-0.1, -0.05) is 323 Å². The van der Waals surface area contributed by atoms with Crippen molar-refractivity contribution in [2.45, 2.75) is 348 Å². The molecule has 1 atom stereocenters. The van der Waals surface area contributed by atoms with Crippen LogP contribution in [0.15, 0.2) is 109 Å². The number of rotatable bonds is 64. The fourth-order valence-electron chi connectivity index (χ4n) is 9.99. The van der Waals surface area contributed by atoms with E-state index in [0.29, 0.717) is 19.3 Å². The number of ether oxygens (including phenoxy) is 3. The van der Waals surface area contributed by atoms with E-state index in [-0.39, 0.29) is 31.1 Å². The molecule has 0 saturated carbocycles. The smallest absolute Gasteiger partial charge is 0.306 e. The van der Waals surface area contributed by atoms with Gasteiger partial charge in [-0.2, -0.15) is 0 Å². The Hall–Kier alpha value is -3.93. The van der Waals surface area contributed by atoms with Crippen molar-refractivity contribution in [3.63, 3.8) is 0 Å². The van der Waals surface area contributed by atoms with E-state index >= 15 is 0 Å². The number of carbonyl (C=O) groups excluding carboxylic acids is 3. The predicted octanol–water partition coefficient (Wildman–Crippen LogP) is 24.6. The number of hydrogen-bond donors (Lipinski definition) is 0. The molecule has 0 amide bonds. The number of hydrogen-bond acceptors (Lipinski definition) is 6. The third-order valence-electron chi connectivity index (χ3n) is 15.3. The number of carbonyl (C=O) groups is 3. The molecule has 0 aliphatic carbocycles. The summed E-state index contributed by atoms with van der Waals surface area (Å²) >= 11 is 0. The van der Waals surface area contributed by atoms with Crippen molar-refractivity contribution >= 4 is 17.9 Å². The summed E-state index contributed by atoms with van der Waals surface area (Å²) in [6.07, 6.45) is 97.0. The molecule has 0 aromatic carbocycles.